The van der Waals surface area contributed by atoms with E-state index in [1.807, 2.05) is 36.1 Å². The van der Waals surface area contributed by atoms with Crippen molar-refractivity contribution in [2.75, 3.05) is 17.2 Å². The molecule has 1 aromatic heterocycles. The fourth-order valence-corrected chi connectivity index (χ4v) is 2.63. The number of aryl methyl sites for hydroxylation is 2. The molecule has 0 unspecified atom stereocenters. The van der Waals surface area contributed by atoms with Crippen LogP contribution in [0.2, 0.25) is 0 Å². The van der Waals surface area contributed by atoms with Gasteiger partial charge in [0.15, 0.2) is 0 Å². The lowest BCUT2D eigenvalue weighted by atomic mass is 10.0. The zero-order valence-electron chi connectivity index (χ0n) is 11.5. The molecule has 2 N–H and O–H groups in total. The number of aromatic nitrogens is 1. The number of carbonyl (C=O) groups excluding carboxylic acids is 1. The van der Waals surface area contributed by atoms with Crippen LogP contribution < -0.4 is 10.6 Å². The van der Waals surface area contributed by atoms with Gasteiger partial charge in [-0.15, -0.1) is 0 Å². The first kappa shape index (κ1) is 12.7. The predicted molar refractivity (Wildman–Crippen MR) is 79.8 cm³/mol. The number of pyridine rings is 1. The van der Waals surface area contributed by atoms with Crippen molar-refractivity contribution in [2.45, 2.75) is 19.8 Å². The molecule has 20 heavy (non-hydrogen) atoms. The van der Waals surface area contributed by atoms with Crippen LogP contribution in [0.4, 0.5) is 11.4 Å². The van der Waals surface area contributed by atoms with Gasteiger partial charge in [-0.1, -0.05) is 6.07 Å². The van der Waals surface area contributed by atoms with Crippen LogP contribution in [0.3, 0.4) is 0 Å². The van der Waals surface area contributed by atoms with Crippen LogP contribution in [0.25, 0.3) is 0 Å². The van der Waals surface area contributed by atoms with Crippen molar-refractivity contribution in [2.24, 2.45) is 0 Å². The number of hydrogen-bond acceptors (Lipinski definition) is 3. The first-order chi connectivity index (χ1) is 9.65. The average Bonchev–Trinajstić information content (AvgIpc) is 2.46. The molecular weight excluding hydrogens is 250 g/mol. The van der Waals surface area contributed by atoms with E-state index < -0.39 is 0 Å². The summed E-state index contributed by atoms with van der Waals surface area (Å²) in [5.41, 5.74) is 10.3. The molecule has 2 heterocycles. The second-order valence-corrected chi connectivity index (χ2v) is 5.20. The molecule has 4 nitrogen and oxygen atoms in total. The zero-order valence-corrected chi connectivity index (χ0v) is 11.5. The van der Waals surface area contributed by atoms with E-state index in [0.29, 0.717) is 11.3 Å². The number of carbonyl (C=O) groups is 1. The first-order valence-corrected chi connectivity index (χ1v) is 6.77. The Morgan fingerprint density at radius 3 is 2.95 bits per heavy atom. The van der Waals surface area contributed by atoms with Crippen LogP contribution >= 0.6 is 0 Å². The molecule has 0 radical (unpaired) electrons. The average molecular weight is 267 g/mol. The summed E-state index contributed by atoms with van der Waals surface area (Å²) in [5, 5.41) is 0. The van der Waals surface area contributed by atoms with Gasteiger partial charge in [-0.3, -0.25) is 9.78 Å². The summed E-state index contributed by atoms with van der Waals surface area (Å²) in [6.07, 6.45) is 5.34. The summed E-state index contributed by atoms with van der Waals surface area (Å²) in [5.74, 6) is -0.00671. The monoisotopic (exact) mass is 267 g/mol. The Kier molecular flexibility index (Phi) is 3.14. The van der Waals surface area contributed by atoms with Crippen molar-refractivity contribution in [3.05, 3.63) is 53.3 Å². The Bertz CT molecular complexity index is 667. The standard InChI is InChI=1S/C16H17N3O/c1-11-7-13(10-18-9-11)16(20)19-6-2-3-12-4-5-14(17)8-15(12)19/h4-5,7-10H,2-3,6,17H2,1H3. The first-order valence-electron chi connectivity index (χ1n) is 6.77. The lowest BCUT2D eigenvalue weighted by Gasteiger charge is -2.29. The number of nitrogens with two attached hydrogens (primary N) is 1. The largest absolute Gasteiger partial charge is 0.399 e. The van der Waals surface area contributed by atoms with Gasteiger partial charge in [0.2, 0.25) is 0 Å². The number of rotatable bonds is 1. The highest BCUT2D eigenvalue weighted by Crippen LogP contribution is 2.30. The Balaban J connectivity index is 2.00. The SMILES string of the molecule is Cc1cncc(C(=O)N2CCCc3ccc(N)cc32)c1. The minimum atomic E-state index is -0.00671. The Hall–Kier alpha value is -2.36. The van der Waals surface area contributed by atoms with Crippen molar-refractivity contribution >= 4 is 17.3 Å². The predicted octanol–water partition coefficient (Wildman–Crippen LogP) is 2.57. The molecule has 4 heteroatoms. The minimum absolute atomic E-state index is 0.00671. The van der Waals surface area contributed by atoms with Gasteiger partial charge in [0.1, 0.15) is 0 Å². The van der Waals surface area contributed by atoms with Gasteiger partial charge >= 0.3 is 0 Å². The third-order valence-corrected chi connectivity index (χ3v) is 3.60. The number of hydrogen-bond donors (Lipinski definition) is 1. The molecule has 0 bridgehead atoms. The fraction of sp³-hybridized carbons (Fsp3) is 0.250. The lowest BCUT2D eigenvalue weighted by molar-refractivity contribution is 0.0984. The molecule has 1 amide bonds. The van der Waals surface area contributed by atoms with Crippen LogP contribution in [0.5, 0.6) is 0 Å². The van der Waals surface area contributed by atoms with Gasteiger partial charge in [0.05, 0.1) is 5.56 Å². The second kappa shape index (κ2) is 4.96. The maximum Gasteiger partial charge on any atom is 0.259 e. The molecule has 102 valence electrons. The minimum Gasteiger partial charge on any atom is -0.399 e. The van der Waals surface area contributed by atoms with Crippen molar-refractivity contribution in [1.82, 2.24) is 4.98 Å². The molecule has 1 aliphatic rings. The third-order valence-electron chi connectivity index (χ3n) is 3.60. The Morgan fingerprint density at radius 1 is 1.30 bits per heavy atom. The highest BCUT2D eigenvalue weighted by Gasteiger charge is 2.23. The van der Waals surface area contributed by atoms with E-state index in [4.69, 9.17) is 5.73 Å². The molecule has 1 aromatic carbocycles. The summed E-state index contributed by atoms with van der Waals surface area (Å²) < 4.78 is 0. The van der Waals surface area contributed by atoms with E-state index in [9.17, 15) is 4.79 Å². The molecule has 0 aliphatic carbocycles. The molecule has 0 atom stereocenters. The second-order valence-electron chi connectivity index (χ2n) is 5.20. The van der Waals surface area contributed by atoms with Crippen LogP contribution in [0.1, 0.15) is 27.9 Å². The van der Waals surface area contributed by atoms with Gasteiger partial charge in [-0.2, -0.15) is 0 Å². The summed E-state index contributed by atoms with van der Waals surface area (Å²) in [6, 6.07) is 7.66. The van der Waals surface area contributed by atoms with Crippen LogP contribution in [0.15, 0.2) is 36.7 Å². The van der Waals surface area contributed by atoms with E-state index in [2.05, 4.69) is 4.98 Å². The maximum atomic E-state index is 12.7. The lowest BCUT2D eigenvalue weighted by Crippen LogP contribution is -2.35. The molecule has 1 aliphatic heterocycles. The molecule has 3 rings (SSSR count). The topological polar surface area (TPSA) is 59.2 Å². The smallest absolute Gasteiger partial charge is 0.259 e. The van der Waals surface area contributed by atoms with Gasteiger partial charge in [0.25, 0.3) is 5.91 Å². The number of anilines is 2. The van der Waals surface area contributed by atoms with E-state index >= 15 is 0 Å². The van der Waals surface area contributed by atoms with Crippen LogP contribution in [-0.2, 0) is 6.42 Å². The number of benzene rings is 1. The summed E-state index contributed by atoms with van der Waals surface area (Å²) in [7, 11) is 0. The van der Waals surface area contributed by atoms with Crippen molar-refractivity contribution < 1.29 is 4.79 Å². The molecule has 0 fully saturated rings. The summed E-state index contributed by atoms with van der Waals surface area (Å²) >= 11 is 0. The number of fused-ring (bicyclic) bond motifs is 1. The van der Waals surface area contributed by atoms with Gasteiger partial charge in [0, 0.05) is 30.3 Å². The molecule has 2 aromatic rings. The third kappa shape index (κ3) is 2.25. The van der Waals surface area contributed by atoms with Crippen molar-refractivity contribution in [1.29, 1.82) is 0 Å². The van der Waals surface area contributed by atoms with Crippen molar-refractivity contribution in [3.63, 3.8) is 0 Å². The maximum absolute atomic E-state index is 12.7. The van der Waals surface area contributed by atoms with Crippen molar-refractivity contribution in [3.8, 4) is 0 Å². The normalized spacial score (nSPS) is 13.9. The van der Waals surface area contributed by atoms with E-state index in [-0.39, 0.29) is 5.91 Å². The van der Waals surface area contributed by atoms with E-state index in [0.717, 1.165) is 30.6 Å². The molecule has 0 saturated heterocycles. The molecule has 0 saturated carbocycles. The van der Waals surface area contributed by atoms with Gasteiger partial charge in [-0.05, 0) is 49.1 Å². The number of amides is 1. The summed E-state index contributed by atoms with van der Waals surface area (Å²) in [6.45, 7) is 2.66. The highest BCUT2D eigenvalue weighted by molar-refractivity contribution is 6.06. The van der Waals surface area contributed by atoms with E-state index in [1.165, 1.54) is 5.56 Å². The van der Waals surface area contributed by atoms with Crippen LogP contribution in [0, 0.1) is 6.92 Å². The Morgan fingerprint density at radius 2 is 2.15 bits per heavy atom. The van der Waals surface area contributed by atoms with Gasteiger partial charge < -0.3 is 10.6 Å². The molecule has 0 spiro atoms. The van der Waals surface area contributed by atoms with Crippen LogP contribution in [-0.4, -0.2) is 17.4 Å². The quantitative estimate of drug-likeness (QED) is 0.808. The zero-order chi connectivity index (χ0) is 14.1. The Labute approximate surface area is 118 Å². The van der Waals surface area contributed by atoms with E-state index in [1.54, 1.807) is 12.4 Å². The van der Waals surface area contributed by atoms with Gasteiger partial charge in [-0.25, -0.2) is 0 Å². The number of nitrogens with zero attached hydrogens (tertiary/aromatic N) is 2. The summed E-state index contributed by atoms with van der Waals surface area (Å²) in [4.78, 5) is 18.6. The fourth-order valence-electron chi connectivity index (χ4n) is 2.63. The highest BCUT2D eigenvalue weighted by atomic mass is 16.2. The number of nitrogen functional groups attached to an aromatic ring is 1. The molecular formula is C16H17N3O.